The summed E-state index contributed by atoms with van der Waals surface area (Å²) in [5, 5.41) is 8.72. The van der Waals surface area contributed by atoms with Crippen LogP contribution in [0.2, 0.25) is 0 Å². The molecule has 0 saturated heterocycles. The number of allylic oxidation sites excluding steroid dienone is 2. The third-order valence-electron chi connectivity index (χ3n) is 5.17. The summed E-state index contributed by atoms with van der Waals surface area (Å²) in [4.78, 5) is 0. The molecule has 0 aliphatic heterocycles. The highest BCUT2D eigenvalue weighted by Crippen LogP contribution is 2.12. The van der Waals surface area contributed by atoms with Gasteiger partial charge in [0.05, 0.1) is 0 Å². The Hall–Kier alpha value is -0.300. The van der Waals surface area contributed by atoms with Gasteiger partial charge < -0.3 is 5.11 Å². The quantitative estimate of drug-likeness (QED) is 0.162. The van der Waals surface area contributed by atoms with E-state index in [1.54, 1.807) is 0 Å². The molecule has 0 spiro atoms. The van der Waals surface area contributed by atoms with E-state index in [-0.39, 0.29) is 0 Å². The van der Waals surface area contributed by atoms with Crippen LogP contribution < -0.4 is 0 Å². The summed E-state index contributed by atoms with van der Waals surface area (Å²) in [6.07, 6.45) is 32.1. The highest BCUT2D eigenvalue weighted by Gasteiger charge is 1.93. The third-order valence-corrected chi connectivity index (χ3v) is 5.17. The van der Waals surface area contributed by atoms with Gasteiger partial charge in [-0.25, -0.2) is 0 Å². The monoisotopic (exact) mass is 352 g/mol. The van der Waals surface area contributed by atoms with Crippen LogP contribution in [0.4, 0.5) is 0 Å². The minimum Gasteiger partial charge on any atom is -0.396 e. The second-order valence-corrected chi connectivity index (χ2v) is 7.78. The fourth-order valence-electron chi connectivity index (χ4n) is 3.42. The predicted molar refractivity (Wildman–Crippen MR) is 114 cm³/mol. The number of rotatable bonds is 21. The minimum atomic E-state index is 0.368. The smallest absolute Gasteiger partial charge is 0.0431 e. The Labute approximate surface area is 159 Å². The van der Waals surface area contributed by atoms with Gasteiger partial charge in [-0.15, -0.1) is 0 Å². The first-order chi connectivity index (χ1) is 12.4. The third kappa shape index (κ3) is 23.7. The lowest BCUT2D eigenvalue weighted by molar-refractivity contribution is 0.282. The standard InChI is InChI=1S/C24H48O/c1-2-3-4-5-6-7-8-9-10-11-12-13-14-15-16-17-18-19-20-21-22-23-24-25/h12-13,25H,2-11,14-24H2,1H3. The second-order valence-electron chi connectivity index (χ2n) is 7.78. The molecule has 25 heavy (non-hydrogen) atoms. The lowest BCUT2D eigenvalue weighted by Gasteiger charge is -2.01. The molecule has 150 valence electrons. The van der Waals surface area contributed by atoms with Gasteiger partial charge in [-0.2, -0.15) is 0 Å². The van der Waals surface area contributed by atoms with Crippen LogP contribution in [0.15, 0.2) is 12.2 Å². The van der Waals surface area contributed by atoms with Crippen molar-refractivity contribution < 1.29 is 5.11 Å². The van der Waals surface area contributed by atoms with Crippen LogP contribution >= 0.6 is 0 Å². The molecular weight excluding hydrogens is 304 g/mol. The first-order valence-corrected chi connectivity index (χ1v) is 11.7. The van der Waals surface area contributed by atoms with Crippen molar-refractivity contribution in [3.8, 4) is 0 Å². The van der Waals surface area contributed by atoms with Gasteiger partial charge in [0.1, 0.15) is 0 Å². The van der Waals surface area contributed by atoms with Crippen LogP contribution in [0.5, 0.6) is 0 Å². The molecule has 0 heterocycles. The van der Waals surface area contributed by atoms with E-state index in [2.05, 4.69) is 19.1 Å². The molecule has 0 radical (unpaired) electrons. The Morgan fingerprint density at radius 3 is 1.12 bits per heavy atom. The number of aliphatic hydroxyl groups is 1. The van der Waals surface area contributed by atoms with Crippen molar-refractivity contribution in [2.24, 2.45) is 0 Å². The summed E-state index contributed by atoms with van der Waals surface area (Å²) in [5.74, 6) is 0. The van der Waals surface area contributed by atoms with Crippen LogP contribution in [0.3, 0.4) is 0 Å². The molecule has 0 aromatic rings. The zero-order chi connectivity index (χ0) is 18.3. The summed E-state index contributed by atoms with van der Waals surface area (Å²) in [5.41, 5.74) is 0. The normalized spacial score (nSPS) is 11.6. The number of aliphatic hydroxyl groups excluding tert-OH is 1. The van der Waals surface area contributed by atoms with Gasteiger partial charge in [0.15, 0.2) is 0 Å². The number of hydrogen-bond donors (Lipinski definition) is 1. The van der Waals surface area contributed by atoms with Gasteiger partial charge in [0.25, 0.3) is 0 Å². The summed E-state index contributed by atoms with van der Waals surface area (Å²) in [6, 6.07) is 0. The molecule has 0 rings (SSSR count). The summed E-state index contributed by atoms with van der Waals surface area (Å²) >= 11 is 0. The molecule has 0 aliphatic rings. The molecule has 0 amide bonds. The van der Waals surface area contributed by atoms with Gasteiger partial charge in [-0.1, -0.05) is 115 Å². The molecule has 1 N–H and O–H groups in total. The summed E-state index contributed by atoms with van der Waals surface area (Å²) in [7, 11) is 0. The first-order valence-electron chi connectivity index (χ1n) is 11.7. The Balaban J connectivity index is 3.04. The largest absolute Gasteiger partial charge is 0.396 e. The maximum atomic E-state index is 8.72. The molecule has 0 bridgehead atoms. The molecule has 0 aromatic heterocycles. The van der Waals surface area contributed by atoms with Crippen molar-refractivity contribution >= 4 is 0 Å². The fraction of sp³-hybridized carbons (Fsp3) is 0.917. The number of unbranched alkanes of at least 4 members (excludes halogenated alkanes) is 18. The van der Waals surface area contributed by atoms with E-state index in [0.717, 1.165) is 6.42 Å². The van der Waals surface area contributed by atoms with Crippen molar-refractivity contribution in [3.05, 3.63) is 12.2 Å². The van der Waals surface area contributed by atoms with E-state index in [1.165, 1.54) is 122 Å². The van der Waals surface area contributed by atoms with Crippen molar-refractivity contribution in [1.29, 1.82) is 0 Å². The van der Waals surface area contributed by atoms with Gasteiger partial charge in [-0.3, -0.25) is 0 Å². The highest BCUT2D eigenvalue weighted by atomic mass is 16.2. The van der Waals surface area contributed by atoms with Gasteiger partial charge in [0.2, 0.25) is 0 Å². The van der Waals surface area contributed by atoms with Crippen LogP contribution in [-0.2, 0) is 0 Å². The van der Waals surface area contributed by atoms with Crippen LogP contribution in [0, 0.1) is 0 Å². The summed E-state index contributed by atoms with van der Waals surface area (Å²) in [6.45, 7) is 2.66. The zero-order valence-electron chi connectivity index (χ0n) is 17.5. The maximum absolute atomic E-state index is 8.72. The molecule has 1 heteroatoms. The average molecular weight is 353 g/mol. The Bertz CT molecular complexity index is 246. The van der Waals surface area contributed by atoms with Crippen molar-refractivity contribution in [2.45, 2.75) is 135 Å². The Morgan fingerprint density at radius 1 is 0.440 bits per heavy atom. The molecule has 1 nitrogen and oxygen atoms in total. The molecular formula is C24H48O. The van der Waals surface area contributed by atoms with E-state index in [1.807, 2.05) is 0 Å². The molecule has 0 fully saturated rings. The molecule has 0 aliphatic carbocycles. The van der Waals surface area contributed by atoms with E-state index in [0.29, 0.717) is 6.61 Å². The zero-order valence-corrected chi connectivity index (χ0v) is 17.5. The average Bonchev–Trinajstić information content (AvgIpc) is 2.63. The molecule has 0 saturated carbocycles. The van der Waals surface area contributed by atoms with Crippen molar-refractivity contribution in [1.82, 2.24) is 0 Å². The topological polar surface area (TPSA) is 20.2 Å². The van der Waals surface area contributed by atoms with E-state index >= 15 is 0 Å². The number of hydrogen-bond acceptors (Lipinski definition) is 1. The molecule has 0 atom stereocenters. The van der Waals surface area contributed by atoms with E-state index in [9.17, 15) is 0 Å². The van der Waals surface area contributed by atoms with Crippen LogP contribution in [0.1, 0.15) is 135 Å². The molecule has 0 unspecified atom stereocenters. The SMILES string of the molecule is CCCCCCCCCCCC=CCCCCCCCCCCCO. The predicted octanol–water partition coefficient (Wildman–Crippen LogP) is 8.36. The van der Waals surface area contributed by atoms with Gasteiger partial charge in [0, 0.05) is 6.61 Å². The van der Waals surface area contributed by atoms with Crippen molar-refractivity contribution in [3.63, 3.8) is 0 Å². The van der Waals surface area contributed by atoms with Crippen LogP contribution in [0.25, 0.3) is 0 Å². The Kier molecular flexibility index (Phi) is 23.4. The van der Waals surface area contributed by atoms with E-state index < -0.39 is 0 Å². The lowest BCUT2D eigenvalue weighted by Crippen LogP contribution is -1.84. The van der Waals surface area contributed by atoms with E-state index in [4.69, 9.17) is 5.11 Å². The lowest BCUT2D eigenvalue weighted by atomic mass is 10.1. The van der Waals surface area contributed by atoms with Gasteiger partial charge >= 0.3 is 0 Å². The second kappa shape index (κ2) is 23.7. The first kappa shape index (κ1) is 24.7. The minimum absolute atomic E-state index is 0.368. The maximum Gasteiger partial charge on any atom is 0.0431 e. The molecule has 0 aromatic carbocycles. The highest BCUT2D eigenvalue weighted by molar-refractivity contribution is 4.81. The van der Waals surface area contributed by atoms with Crippen LogP contribution in [-0.4, -0.2) is 11.7 Å². The van der Waals surface area contributed by atoms with Crippen molar-refractivity contribution in [2.75, 3.05) is 6.61 Å². The summed E-state index contributed by atoms with van der Waals surface area (Å²) < 4.78 is 0. The Morgan fingerprint density at radius 2 is 0.760 bits per heavy atom. The fourth-order valence-corrected chi connectivity index (χ4v) is 3.42. The van der Waals surface area contributed by atoms with Gasteiger partial charge in [-0.05, 0) is 32.1 Å².